The van der Waals surface area contributed by atoms with E-state index in [0.717, 1.165) is 11.4 Å². The predicted octanol–water partition coefficient (Wildman–Crippen LogP) is 0.505. The first-order chi connectivity index (χ1) is 8.22. The van der Waals surface area contributed by atoms with Gasteiger partial charge in [0.2, 0.25) is 0 Å². The predicted molar refractivity (Wildman–Crippen MR) is 66.2 cm³/mol. The molecule has 1 aliphatic heterocycles. The first-order valence-electron chi connectivity index (χ1n) is 5.75. The van der Waals surface area contributed by atoms with Crippen molar-refractivity contribution >= 4 is 17.2 Å². The highest BCUT2D eigenvalue weighted by molar-refractivity contribution is 7.09. The van der Waals surface area contributed by atoms with Gasteiger partial charge in [-0.05, 0) is 13.5 Å². The van der Waals surface area contributed by atoms with Gasteiger partial charge in [-0.25, -0.2) is 4.98 Å². The smallest absolute Gasteiger partial charge is 0.273 e. The Labute approximate surface area is 105 Å². The summed E-state index contributed by atoms with van der Waals surface area (Å²) in [6.45, 7) is 4.41. The number of carbonyl (C=O) groups excluding carboxylic acids is 1. The largest absolute Gasteiger partial charge is 0.377 e. The average molecular weight is 255 g/mol. The maximum atomic E-state index is 12.2. The van der Waals surface area contributed by atoms with E-state index in [1.54, 1.807) is 0 Å². The van der Waals surface area contributed by atoms with Gasteiger partial charge in [0.15, 0.2) is 0 Å². The van der Waals surface area contributed by atoms with Gasteiger partial charge in [0, 0.05) is 18.3 Å². The van der Waals surface area contributed by atoms with Crippen molar-refractivity contribution in [3.8, 4) is 0 Å². The van der Waals surface area contributed by atoms with Crippen LogP contribution in [0.1, 0.15) is 22.4 Å². The van der Waals surface area contributed by atoms with Crippen LogP contribution >= 0.6 is 11.3 Å². The zero-order valence-corrected chi connectivity index (χ0v) is 10.7. The molecule has 0 saturated carbocycles. The van der Waals surface area contributed by atoms with Gasteiger partial charge in [0.25, 0.3) is 5.91 Å². The number of ether oxygens (including phenoxy) is 1. The van der Waals surface area contributed by atoms with E-state index in [9.17, 15) is 4.79 Å². The molecule has 0 bridgehead atoms. The SMILES string of the molecule is CC1COCCN1C(=O)c1csc(CCN)n1. The third-order valence-corrected chi connectivity index (χ3v) is 3.67. The topological polar surface area (TPSA) is 68.5 Å². The molecule has 0 aliphatic carbocycles. The van der Waals surface area contributed by atoms with E-state index in [1.165, 1.54) is 11.3 Å². The van der Waals surface area contributed by atoms with Crippen molar-refractivity contribution in [1.29, 1.82) is 0 Å². The molecule has 2 heterocycles. The molecule has 2 rings (SSSR count). The standard InChI is InChI=1S/C11H17N3O2S/c1-8-6-16-5-4-14(8)11(15)9-7-17-10(13-9)2-3-12/h7-8H,2-6,12H2,1H3. The second kappa shape index (κ2) is 5.57. The number of carbonyl (C=O) groups is 1. The average Bonchev–Trinajstić information content (AvgIpc) is 2.78. The fraction of sp³-hybridized carbons (Fsp3) is 0.636. The molecule has 0 spiro atoms. The van der Waals surface area contributed by atoms with Crippen LogP contribution in [-0.2, 0) is 11.2 Å². The molecule has 94 valence electrons. The minimum absolute atomic E-state index is 0.000298. The molecule has 0 aromatic carbocycles. The number of amides is 1. The molecule has 0 radical (unpaired) electrons. The van der Waals surface area contributed by atoms with E-state index in [4.69, 9.17) is 10.5 Å². The Kier molecular flexibility index (Phi) is 4.09. The van der Waals surface area contributed by atoms with Crippen LogP contribution in [0.2, 0.25) is 0 Å². The van der Waals surface area contributed by atoms with Crippen molar-refractivity contribution in [1.82, 2.24) is 9.88 Å². The zero-order valence-electron chi connectivity index (χ0n) is 9.89. The molecule has 1 amide bonds. The first-order valence-corrected chi connectivity index (χ1v) is 6.63. The Morgan fingerprint density at radius 3 is 3.29 bits per heavy atom. The monoisotopic (exact) mass is 255 g/mol. The third kappa shape index (κ3) is 2.83. The summed E-state index contributed by atoms with van der Waals surface area (Å²) in [5.74, 6) is 0.000298. The summed E-state index contributed by atoms with van der Waals surface area (Å²) in [7, 11) is 0. The van der Waals surface area contributed by atoms with Crippen molar-refractivity contribution < 1.29 is 9.53 Å². The van der Waals surface area contributed by atoms with Gasteiger partial charge in [-0.1, -0.05) is 0 Å². The molecule has 1 saturated heterocycles. The lowest BCUT2D eigenvalue weighted by Gasteiger charge is -2.32. The molecule has 1 atom stereocenters. The van der Waals surface area contributed by atoms with Gasteiger partial charge in [-0.3, -0.25) is 4.79 Å². The van der Waals surface area contributed by atoms with Crippen LogP contribution in [0.3, 0.4) is 0 Å². The van der Waals surface area contributed by atoms with E-state index in [-0.39, 0.29) is 11.9 Å². The summed E-state index contributed by atoms with van der Waals surface area (Å²) >= 11 is 1.50. The van der Waals surface area contributed by atoms with Crippen molar-refractivity contribution in [2.45, 2.75) is 19.4 Å². The number of hydrogen-bond acceptors (Lipinski definition) is 5. The van der Waals surface area contributed by atoms with Crippen LogP contribution < -0.4 is 5.73 Å². The quantitative estimate of drug-likeness (QED) is 0.854. The van der Waals surface area contributed by atoms with Crippen LogP contribution in [-0.4, -0.2) is 48.1 Å². The number of nitrogens with two attached hydrogens (primary N) is 1. The molecule has 5 nitrogen and oxygen atoms in total. The summed E-state index contributed by atoms with van der Waals surface area (Å²) < 4.78 is 5.31. The van der Waals surface area contributed by atoms with Crippen molar-refractivity contribution in [3.05, 3.63) is 16.1 Å². The fourth-order valence-corrected chi connectivity index (χ4v) is 2.61. The van der Waals surface area contributed by atoms with Crippen molar-refractivity contribution in [2.75, 3.05) is 26.3 Å². The zero-order chi connectivity index (χ0) is 12.3. The van der Waals surface area contributed by atoms with Gasteiger partial charge < -0.3 is 15.4 Å². The Bertz CT molecular complexity index is 394. The van der Waals surface area contributed by atoms with Gasteiger partial charge in [-0.2, -0.15) is 0 Å². The van der Waals surface area contributed by atoms with E-state index < -0.39 is 0 Å². The fourth-order valence-electron chi connectivity index (χ4n) is 1.82. The molecular weight excluding hydrogens is 238 g/mol. The maximum Gasteiger partial charge on any atom is 0.273 e. The number of rotatable bonds is 3. The second-order valence-electron chi connectivity index (χ2n) is 4.09. The van der Waals surface area contributed by atoms with Crippen LogP contribution in [0.5, 0.6) is 0 Å². The Balaban J connectivity index is 2.07. The van der Waals surface area contributed by atoms with Gasteiger partial charge >= 0.3 is 0 Å². The summed E-state index contributed by atoms with van der Waals surface area (Å²) in [6.07, 6.45) is 0.733. The third-order valence-electron chi connectivity index (χ3n) is 2.76. The summed E-state index contributed by atoms with van der Waals surface area (Å²) in [5.41, 5.74) is 6.00. The van der Waals surface area contributed by atoms with Crippen LogP contribution in [0.25, 0.3) is 0 Å². The molecule has 1 aromatic rings. The number of hydrogen-bond donors (Lipinski definition) is 1. The molecule has 1 aliphatic rings. The molecule has 1 fully saturated rings. The summed E-state index contributed by atoms with van der Waals surface area (Å²) in [4.78, 5) is 18.4. The molecule has 6 heteroatoms. The number of nitrogens with zero attached hydrogens (tertiary/aromatic N) is 2. The lowest BCUT2D eigenvalue weighted by atomic mass is 10.2. The first kappa shape index (κ1) is 12.5. The van der Waals surface area contributed by atoms with E-state index in [1.807, 2.05) is 17.2 Å². The van der Waals surface area contributed by atoms with Crippen LogP contribution in [0.15, 0.2) is 5.38 Å². The van der Waals surface area contributed by atoms with Gasteiger partial charge in [0.05, 0.1) is 24.3 Å². The van der Waals surface area contributed by atoms with E-state index in [0.29, 0.717) is 32.0 Å². The maximum absolute atomic E-state index is 12.2. The van der Waals surface area contributed by atoms with Crippen LogP contribution in [0, 0.1) is 0 Å². The number of morpholine rings is 1. The van der Waals surface area contributed by atoms with Crippen molar-refractivity contribution in [3.63, 3.8) is 0 Å². The molecule has 1 unspecified atom stereocenters. The minimum atomic E-state index is 0.000298. The molecular formula is C11H17N3O2S. The lowest BCUT2D eigenvalue weighted by molar-refractivity contribution is 0.00330. The van der Waals surface area contributed by atoms with Gasteiger partial charge in [0.1, 0.15) is 5.69 Å². The molecule has 1 aromatic heterocycles. The van der Waals surface area contributed by atoms with Crippen LogP contribution in [0.4, 0.5) is 0 Å². The summed E-state index contributed by atoms with van der Waals surface area (Å²) in [6, 6.07) is 0.121. The number of aromatic nitrogens is 1. The molecule has 2 N–H and O–H groups in total. The Morgan fingerprint density at radius 1 is 1.76 bits per heavy atom. The minimum Gasteiger partial charge on any atom is -0.377 e. The molecule has 17 heavy (non-hydrogen) atoms. The normalized spacial score (nSPS) is 20.6. The lowest BCUT2D eigenvalue weighted by Crippen LogP contribution is -2.47. The number of thiazole rings is 1. The van der Waals surface area contributed by atoms with E-state index >= 15 is 0 Å². The Hall–Kier alpha value is -0.980. The highest BCUT2D eigenvalue weighted by Gasteiger charge is 2.26. The Morgan fingerprint density at radius 2 is 2.59 bits per heavy atom. The van der Waals surface area contributed by atoms with Crippen molar-refractivity contribution in [2.24, 2.45) is 5.73 Å². The highest BCUT2D eigenvalue weighted by Crippen LogP contribution is 2.15. The summed E-state index contributed by atoms with van der Waals surface area (Å²) in [5, 5.41) is 2.74. The highest BCUT2D eigenvalue weighted by atomic mass is 32.1. The van der Waals surface area contributed by atoms with E-state index in [2.05, 4.69) is 4.98 Å². The second-order valence-corrected chi connectivity index (χ2v) is 5.03. The van der Waals surface area contributed by atoms with Gasteiger partial charge in [-0.15, -0.1) is 11.3 Å².